The van der Waals surface area contributed by atoms with Crippen molar-refractivity contribution < 1.29 is 5.11 Å². The summed E-state index contributed by atoms with van der Waals surface area (Å²) in [5.41, 5.74) is 1.11. The highest BCUT2D eigenvalue weighted by Crippen LogP contribution is 2.19. The third kappa shape index (κ3) is 3.94. The predicted molar refractivity (Wildman–Crippen MR) is 65.0 cm³/mol. The summed E-state index contributed by atoms with van der Waals surface area (Å²) in [7, 11) is 3.93. The normalized spacial score (nSPS) is 14.4. The van der Waals surface area contributed by atoms with E-state index in [1.807, 2.05) is 26.5 Å². The standard InChI is InChI=1S/C12H23N3O/c1-12(2,3)11(16)9-14(4)7-10-6-13-15(5)8-10/h6,8,11,16H,7,9H2,1-5H3. The molecule has 0 fully saturated rings. The van der Waals surface area contributed by atoms with Gasteiger partial charge in [-0.05, 0) is 12.5 Å². The lowest BCUT2D eigenvalue weighted by atomic mass is 9.89. The van der Waals surface area contributed by atoms with Crippen molar-refractivity contribution >= 4 is 0 Å². The fourth-order valence-corrected chi connectivity index (χ4v) is 1.50. The summed E-state index contributed by atoms with van der Waals surface area (Å²) in [6.45, 7) is 7.65. The molecule has 1 N–H and O–H groups in total. The molecule has 0 aliphatic rings. The number of hydrogen-bond acceptors (Lipinski definition) is 3. The lowest BCUT2D eigenvalue weighted by molar-refractivity contribution is 0.0333. The van der Waals surface area contributed by atoms with E-state index >= 15 is 0 Å². The number of aryl methyl sites for hydroxylation is 1. The van der Waals surface area contributed by atoms with Gasteiger partial charge < -0.3 is 5.11 Å². The van der Waals surface area contributed by atoms with E-state index in [1.165, 1.54) is 5.56 Å². The van der Waals surface area contributed by atoms with Crippen LogP contribution < -0.4 is 0 Å². The number of aromatic nitrogens is 2. The Morgan fingerprint density at radius 2 is 2.12 bits per heavy atom. The SMILES string of the molecule is CN(Cc1cnn(C)c1)CC(O)C(C)(C)C. The van der Waals surface area contributed by atoms with E-state index in [2.05, 4.69) is 30.8 Å². The fourth-order valence-electron chi connectivity index (χ4n) is 1.50. The van der Waals surface area contributed by atoms with Crippen molar-refractivity contribution in [2.75, 3.05) is 13.6 Å². The Labute approximate surface area is 97.9 Å². The van der Waals surface area contributed by atoms with E-state index < -0.39 is 0 Å². The van der Waals surface area contributed by atoms with Gasteiger partial charge in [-0.25, -0.2) is 0 Å². The zero-order valence-corrected chi connectivity index (χ0v) is 10.9. The molecule has 0 spiro atoms. The van der Waals surface area contributed by atoms with Crippen LogP contribution in [0.4, 0.5) is 0 Å². The van der Waals surface area contributed by atoms with Crippen LogP contribution in [0, 0.1) is 5.41 Å². The first-order valence-corrected chi connectivity index (χ1v) is 5.63. The maximum absolute atomic E-state index is 9.98. The maximum Gasteiger partial charge on any atom is 0.0715 e. The minimum absolute atomic E-state index is 0.0663. The summed E-state index contributed by atoms with van der Waals surface area (Å²) in [5.74, 6) is 0. The third-order valence-corrected chi connectivity index (χ3v) is 2.70. The molecule has 1 aromatic rings. The van der Waals surface area contributed by atoms with Gasteiger partial charge in [-0.2, -0.15) is 5.10 Å². The van der Waals surface area contributed by atoms with Crippen molar-refractivity contribution in [3.8, 4) is 0 Å². The molecule has 0 aliphatic heterocycles. The van der Waals surface area contributed by atoms with Gasteiger partial charge in [0.2, 0.25) is 0 Å². The largest absolute Gasteiger partial charge is 0.391 e. The first-order valence-electron chi connectivity index (χ1n) is 5.63. The highest BCUT2D eigenvalue weighted by Gasteiger charge is 2.23. The molecule has 0 amide bonds. The predicted octanol–water partition coefficient (Wildman–Crippen LogP) is 1.26. The van der Waals surface area contributed by atoms with E-state index in [0.717, 1.165) is 6.54 Å². The smallest absolute Gasteiger partial charge is 0.0715 e. The highest BCUT2D eigenvalue weighted by atomic mass is 16.3. The molecule has 1 heterocycles. The Kier molecular flexibility index (Phi) is 4.10. The summed E-state index contributed by atoms with van der Waals surface area (Å²) in [6.07, 6.45) is 3.55. The Morgan fingerprint density at radius 3 is 2.56 bits per heavy atom. The van der Waals surface area contributed by atoms with Gasteiger partial charge in [-0.15, -0.1) is 0 Å². The van der Waals surface area contributed by atoms with Crippen LogP contribution in [0.2, 0.25) is 0 Å². The third-order valence-electron chi connectivity index (χ3n) is 2.70. The summed E-state index contributed by atoms with van der Waals surface area (Å²) in [5, 5.41) is 14.1. The van der Waals surface area contributed by atoms with Gasteiger partial charge in [0.15, 0.2) is 0 Å². The van der Waals surface area contributed by atoms with Gasteiger partial charge in [0.1, 0.15) is 0 Å². The second-order valence-corrected chi connectivity index (χ2v) is 5.60. The van der Waals surface area contributed by atoms with Gasteiger partial charge in [0, 0.05) is 31.9 Å². The van der Waals surface area contributed by atoms with Gasteiger partial charge in [0.05, 0.1) is 12.3 Å². The highest BCUT2D eigenvalue weighted by molar-refractivity contribution is 5.03. The lowest BCUT2D eigenvalue weighted by Crippen LogP contribution is -2.37. The van der Waals surface area contributed by atoms with Gasteiger partial charge in [-0.1, -0.05) is 20.8 Å². The van der Waals surface area contributed by atoms with Crippen LogP contribution in [-0.2, 0) is 13.6 Å². The molecule has 0 aliphatic carbocycles. The van der Waals surface area contributed by atoms with Gasteiger partial charge in [-0.3, -0.25) is 9.58 Å². The number of likely N-dealkylation sites (N-methyl/N-ethyl adjacent to an activating group) is 1. The summed E-state index contributed by atoms with van der Waals surface area (Å²) >= 11 is 0. The molecule has 4 heteroatoms. The molecule has 1 rings (SSSR count). The van der Waals surface area contributed by atoms with Crippen molar-refractivity contribution in [3.63, 3.8) is 0 Å². The molecule has 0 radical (unpaired) electrons. The molecule has 16 heavy (non-hydrogen) atoms. The van der Waals surface area contributed by atoms with Crippen LogP contribution in [0.25, 0.3) is 0 Å². The average Bonchev–Trinajstić information content (AvgIpc) is 2.49. The number of rotatable bonds is 4. The summed E-state index contributed by atoms with van der Waals surface area (Å²) < 4.78 is 1.80. The fraction of sp³-hybridized carbons (Fsp3) is 0.750. The molecular weight excluding hydrogens is 202 g/mol. The number of nitrogens with zero attached hydrogens (tertiary/aromatic N) is 3. The maximum atomic E-state index is 9.98. The molecule has 0 saturated heterocycles. The molecule has 1 unspecified atom stereocenters. The first-order chi connectivity index (χ1) is 7.29. The van der Waals surface area contributed by atoms with E-state index in [1.54, 1.807) is 4.68 Å². The average molecular weight is 225 g/mol. The number of aliphatic hydroxyl groups excluding tert-OH is 1. The second kappa shape index (κ2) is 4.97. The molecule has 1 atom stereocenters. The van der Waals surface area contributed by atoms with Crippen molar-refractivity contribution in [1.82, 2.24) is 14.7 Å². The van der Waals surface area contributed by atoms with Crippen LogP contribution in [-0.4, -0.2) is 39.5 Å². The van der Waals surface area contributed by atoms with Crippen LogP contribution in [0.5, 0.6) is 0 Å². The zero-order chi connectivity index (χ0) is 12.3. The lowest BCUT2D eigenvalue weighted by Gasteiger charge is -2.29. The monoisotopic (exact) mass is 225 g/mol. The van der Waals surface area contributed by atoms with Crippen molar-refractivity contribution in [3.05, 3.63) is 18.0 Å². The molecule has 4 nitrogen and oxygen atoms in total. The first kappa shape index (κ1) is 13.2. The molecular formula is C12H23N3O. The Balaban J connectivity index is 2.45. The van der Waals surface area contributed by atoms with E-state index in [4.69, 9.17) is 0 Å². The minimum atomic E-state index is -0.311. The molecule has 0 aromatic carbocycles. The molecule has 1 aromatic heterocycles. The number of hydrogen-bond donors (Lipinski definition) is 1. The van der Waals surface area contributed by atoms with Crippen LogP contribution in [0.3, 0.4) is 0 Å². The Hall–Kier alpha value is -0.870. The van der Waals surface area contributed by atoms with Gasteiger partial charge >= 0.3 is 0 Å². The van der Waals surface area contributed by atoms with Crippen LogP contribution >= 0.6 is 0 Å². The van der Waals surface area contributed by atoms with E-state index in [9.17, 15) is 5.11 Å². The van der Waals surface area contributed by atoms with Crippen molar-refractivity contribution in [2.24, 2.45) is 12.5 Å². The Morgan fingerprint density at radius 1 is 1.50 bits per heavy atom. The Bertz CT molecular complexity index is 327. The van der Waals surface area contributed by atoms with Gasteiger partial charge in [0.25, 0.3) is 0 Å². The van der Waals surface area contributed by atoms with Crippen molar-refractivity contribution in [2.45, 2.75) is 33.4 Å². The van der Waals surface area contributed by atoms with E-state index in [-0.39, 0.29) is 11.5 Å². The quantitative estimate of drug-likeness (QED) is 0.838. The minimum Gasteiger partial charge on any atom is -0.391 e. The molecule has 92 valence electrons. The van der Waals surface area contributed by atoms with E-state index in [0.29, 0.717) is 6.54 Å². The summed E-state index contributed by atoms with van der Waals surface area (Å²) in [4.78, 5) is 2.12. The summed E-state index contributed by atoms with van der Waals surface area (Å²) in [6, 6.07) is 0. The van der Waals surface area contributed by atoms with Crippen LogP contribution in [0.1, 0.15) is 26.3 Å². The number of aliphatic hydroxyl groups is 1. The molecule has 0 bridgehead atoms. The topological polar surface area (TPSA) is 41.3 Å². The van der Waals surface area contributed by atoms with Crippen molar-refractivity contribution in [1.29, 1.82) is 0 Å². The zero-order valence-electron chi connectivity index (χ0n) is 10.9. The van der Waals surface area contributed by atoms with Crippen LogP contribution in [0.15, 0.2) is 12.4 Å². The molecule has 0 saturated carbocycles. The second-order valence-electron chi connectivity index (χ2n) is 5.60.